The van der Waals surface area contributed by atoms with Crippen LogP contribution in [0, 0.1) is 13.8 Å². The summed E-state index contributed by atoms with van der Waals surface area (Å²) in [5.41, 5.74) is 2.23. The van der Waals surface area contributed by atoms with Crippen LogP contribution in [0.2, 0.25) is 0 Å². The van der Waals surface area contributed by atoms with Gasteiger partial charge in [0, 0.05) is 25.4 Å². The van der Waals surface area contributed by atoms with Crippen LogP contribution in [0.1, 0.15) is 16.3 Å². The van der Waals surface area contributed by atoms with Gasteiger partial charge in [0.05, 0.1) is 5.69 Å². The summed E-state index contributed by atoms with van der Waals surface area (Å²) in [4.78, 5) is 0. The molecule has 6 heteroatoms. The molecule has 0 atom stereocenters. The summed E-state index contributed by atoms with van der Waals surface area (Å²) in [6.45, 7) is 4.69. The number of hydrogen-bond donors (Lipinski definition) is 1. The van der Waals surface area contributed by atoms with Crippen molar-refractivity contribution in [1.82, 2.24) is 20.0 Å². The molecule has 0 aliphatic heterocycles. The van der Waals surface area contributed by atoms with E-state index >= 15 is 0 Å². The molecule has 80 valence electrons. The van der Waals surface area contributed by atoms with Gasteiger partial charge in [0.15, 0.2) is 0 Å². The molecule has 2 aromatic rings. The minimum absolute atomic E-state index is 0.744. The molecule has 0 saturated heterocycles. The Labute approximate surface area is 92.2 Å². The minimum atomic E-state index is 0.744. The van der Waals surface area contributed by atoms with E-state index in [0.717, 1.165) is 22.4 Å². The fourth-order valence-electron chi connectivity index (χ4n) is 1.36. The van der Waals surface area contributed by atoms with Gasteiger partial charge >= 0.3 is 0 Å². The van der Waals surface area contributed by atoms with E-state index in [1.54, 1.807) is 11.3 Å². The van der Waals surface area contributed by atoms with Crippen LogP contribution in [0.3, 0.4) is 0 Å². The van der Waals surface area contributed by atoms with E-state index in [0.29, 0.717) is 0 Å². The van der Waals surface area contributed by atoms with Gasteiger partial charge in [0.25, 0.3) is 0 Å². The monoisotopic (exact) mass is 223 g/mol. The van der Waals surface area contributed by atoms with E-state index in [9.17, 15) is 0 Å². The predicted molar refractivity (Wildman–Crippen MR) is 59.9 cm³/mol. The molecule has 0 amide bonds. The summed E-state index contributed by atoms with van der Waals surface area (Å²) in [5, 5.41) is 17.3. The Morgan fingerprint density at radius 2 is 2.20 bits per heavy atom. The summed E-state index contributed by atoms with van der Waals surface area (Å²) in [7, 11) is 1.92. The molecule has 0 unspecified atom stereocenters. The predicted octanol–water partition coefficient (Wildman–Crippen LogP) is 1.50. The zero-order chi connectivity index (χ0) is 10.8. The second-order valence-corrected chi connectivity index (χ2v) is 4.57. The molecule has 0 spiro atoms. The van der Waals surface area contributed by atoms with E-state index in [2.05, 4.69) is 20.6 Å². The van der Waals surface area contributed by atoms with Crippen molar-refractivity contribution < 1.29 is 0 Å². The summed E-state index contributed by atoms with van der Waals surface area (Å²) >= 11 is 1.56. The number of nitrogens with one attached hydrogen (secondary N) is 1. The fraction of sp³-hybridized carbons (Fsp3) is 0.444. The molecular formula is C9H13N5S. The molecule has 2 aromatic heterocycles. The lowest BCUT2D eigenvalue weighted by Crippen LogP contribution is -1.99. The highest BCUT2D eigenvalue weighted by atomic mass is 32.1. The van der Waals surface area contributed by atoms with Crippen LogP contribution < -0.4 is 5.32 Å². The Balaban J connectivity index is 2.01. The van der Waals surface area contributed by atoms with Gasteiger partial charge in [-0.25, -0.2) is 0 Å². The maximum absolute atomic E-state index is 4.27. The Morgan fingerprint density at radius 1 is 1.40 bits per heavy atom. The molecule has 0 aromatic carbocycles. The van der Waals surface area contributed by atoms with Gasteiger partial charge in [0.1, 0.15) is 5.01 Å². The first-order chi connectivity index (χ1) is 7.15. The third-order valence-electron chi connectivity index (χ3n) is 2.07. The zero-order valence-corrected chi connectivity index (χ0v) is 9.80. The van der Waals surface area contributed by atoms with Crippen LogP contribution in [0.15, 0.2) is 6.20 Å². The molecule has 2 heterocycles. The standard InChI is InChI=1S/C9H13N5S/c1-6-8(5-14(3)13-6)4-10-9-12-11-7(2)15-9/h5H,4H2,1-3H3,(H,10,12). The van der Waals surface area contributed by atoms with E-state index < -0.39 is 0 Å². The summed E-state index contributed by atoms with van der Waals surface area (Å²) in [5.74, 6) is 0. The van der Waals surface area contributed by atoms with E-state index in [-0.39, 0.29) is 0 Å². The van der Waals surface area contributed by atoms with Crippen LogP contribution in [-0.2, 0) is 13.6 Å². The van der Waals surface area contributed by atoms with Crippen molar-refractivity contribution in [2.24, 2.45) is 7.05 Å². The highest BCUT2D eigenvalue weighted by molar-refractivity contribution is 7.15. The molecule has 2 rings (SSSR count). The zero-order valence-electron chi connectivity index (χ0n) is 8.98. The van der Waals surface area contributed by atoms with E-state index in [4.69, 9.17) is 0 Å². The SMILES string of the molecule is Cc1nnc(NCc2cn(C)nc2C)s1. The maximum atomic E-state index is 4.27. The largest absolute Gasteiger partial charge is 0.356 e. The molecule has 1 N–H and O–H groups in total. The average molecular weight is 223 g/mol. The molecule has 0 saturated carbocycles. The maximum Gasteiger partial charge on any atom is 0.205 e. The van der Waals surface area contributed by atoms with Gasteiger partial charge < -0.3 is 5.32 Å². The first-order valence-electron chi connectivity index (χ1n) is 4.68. The smallest absolute Gasteiger partial charge is 0.205 e. The summed E-state index contributed by atoms with van der Waals surface area (Å²) in [6, 6.07) is 0. The third kappa shape index (κ3) is 2.33. The first kappa shape index (κ1) is 10.1. The molecule has 0 aliphatic rings. The Hall–Kier alpha value is -1.43. The lowest BCUT2D eigenvalue weighted by atomic mass is 10.3. The Morgan fingerprint density at radius 3 is 2.73 bits per heavy atom. The van der Waals surface area contributed by atoms with Gasteiger partial charge in [-0.15, -0.1) is 10.2 Å². The highest BCUT2D eigenvalue weighted by Crippen LogP contribution is 2.15. The number of anilines is 1. The van der Waals surface area contributed by atoms with Crippen molar-refractivity contribution in [3.05, 3.63) is 22.5 Å². The van der Waals surface area contributed by atoms with Gasteiger partial charge in [-0.1, -0.05) is 11.3 Å². The van der Waals surface area contributed by atoms with Gasteiger partial charge in [-0.05, 0) is 13.8 Å². The van der Waals surface area contributed by atoms with Crippen molar-refractivity contribution >= 4 is 16.5 Å². The number of hydrogen-bond acceptors (Lipinski definition) is 5. The average Bonchev–Trinajstić information content (AvgIpc) is 2.70. The summed E-state index contributed by atoms with van der Waals surface area (Å²) in [6.07, 6.45) is 2.01. The summed E-state index contributed by atoms with van der Waals surface area (Å²) < 4.78 is 1.82. The van der Waals surface area contributed by atoms with E-state index in [1.165, 1.54) is 5.56 Å². The molecule has 0 aliphatic carbocycles. The second kappa shape index (κ2) is 3.98. The van der Waals surface area contributed by atoms with Crippen LogP contribution in [-0.4, -0.2) is 20.0 Å². The van der Waals surface area contributed by atoms with Gasteiger partial charge in [-0.3, -0.25) is 4.68 Å². The molecule has 5 nitrogen and oxygen atoms in total. The van der Waals surface area contributed by atoms with Crippen molar-refractivity contribution in [2.45, 2.75) is 20.4 Å². The number of aryl methyl sites for hydroxylation is 3. The lowest BCUT2D eigenvalue weighted by Gasteiger charge is -1.99. The molecule has 0 bridgehead atoms. The fourth-order valence-corrected chi connectivity index (χ4v) is 1.95. The van der Waals surface area contributed by atoms with Crippen LogP contribution >= 0.6 is 11.3 Å². The van der Waals surface area contributed by atoms with Crippen molar-refractivity contribution in [2.75, 3.05) is 5.32 Å². The molecule has 15 heavy (non-hydrogen) atoms. The van der Waals surface area contributed by atoms with E-state index in [1.807, 2.05) is 31.8 Å². The molecule has 0 radical (unpaired) electrons. The van der Waals surface area contributed by atoms with Crippen molar-refractivity contribution in [3.63, 3.8) is 0 Å². The molecular weight excluding hydrogens is 210 g/mol. The first-order valence-corrected chi connectivity index (χ1v) is 5.50. The number of rotatable bonds is 3. The topological polar surface area (TPSA) is 55.6 Å². The van der Waals surface area contributed by atoms with Gasteiger partial charge in [0.2, 0.25) is 5.13 Å². The van der Waals surface area contributed by atoms with Crippen molar-refractivity contribution in [3.8, 4) is 0 Å². The minimum Gasteiger partial charge on any atom is -0.356 e. The van der Waals surface area contributed by atoms with Crippen LogP contribution in [0.5, 0.6) is 0 Å². The Kier molecular flexibility index (Phi) is 2.68. The van der Waals surface area contributed by atoms with Crippen molar-refractivity contribution in [1.29, 1.82) is 0 Å². The highest BCUT2D eigenvalue weighted by Gasteiger charge is 2.04. The van der Waals surface area contributed by atoms with Crippen LogP contribution in [0.25, 0.3) is 0 Å². The quantitative estimate of drug-likeness (QED) is 0.856. The van der Waals surface area contributed by atoms with Gasteiger partial charge in [-0.2, -0.15) is 5.10 Å². The second-order valence-electron chi connectivity index (χ2n) is 3.39. The molecule has 0 fully saturated rings. The lowest BCUT2D eigenvalue weighted by molar-refractivity contribution is 0.756. The Bertz CT molecular complexity index is 459. The van der Waals surface area contributed by atoms with Crippen LogP contribution in [0.4, 0.5) is 5.13 Å². The third-order valence-corrected chi connectivity index (χ3v) is 2.87. The normalized spacial score (nSPS) is 10.6. The number of aromatic nitrogens is 4. The number of nitrogens with zero attached hydrogens (tertiary/aromatic N) is 4.